The highest BCUT2D eigenvalue weighted by Gasteiger charge is 2.15. The summed E-state index contributed by atoms with van der Waals surface area (Å²) in [6.07, 6.45) is 5.25. The fourth-order valence-electron chi connectivity index (χ4n) is 1.75. The van der Waals surface area contributed by atoms with Gasteiger partial charge in [0, 0.05) is 19.4 Å². The average molecular weight is 220 g/mol. The third kappa shape index (κ3) is 2.11. The third-order valence-corrected chi connectivity index (χ3v) is 2.59. The van der Waals surface area contributed by atoms with Gasteiger partial charge in [-0.25, -0.2) is 9.97 Å². The molecule has 2 aromatic rings. The van der Waals surface area contributed by atoms with E-state index in [-0.39, 0.29) is 12.1 Å². The van der Waals surface area contributed by atoms with Gasteiger partial charge in [-0.3, -0.25) is 10.4 Å². The highest BCUT2D eigenvalue weighted by molar-refractivity contribution is 4.99. The van der Waals surface area contributed by atoms with Crippen LogP contribution in [0.3, 0.4) is 0 Å². The van der Waals surface area contributed by atoms with E-state index in [0.717, 1.165) is 11.6 Å². The Balaban J connectivity index is 2.03. The van der Waals surface area contributed by atoms with Crippen molar-refractivity contribution in [3.05, 3.63) is 30.4 Å². The highest BCUT2D eigenvalue weighted by Crippen LogP contribution is 2.14. The van der Waals surface area contributed by atoms with Gasteiger partial charge in [-0.15, -0.1) is 0 Å². The maximum atomic E-state index is 4.30. The van der Waals surface area contributed by atoms with Crippen LogP contribution in [0.15, 0.2) is 18.7 Å². The van der Waals surface area contributed by atoms with Gasteiger partial charge >= 0.3 is 0 Å². The molecular weight excluding hydrogens is 204 g/mol. The number of aromatic nitrogens is 5. The van der Waals surface area contributed by atoms with Crippen molar-refractivity contribution >= 4 is 0 Å². The Morgan fingerprint density at radius 1 is 1.31 bits per heavy atom. The summed E-state index contributed by atoms with van der Waals surface area (Å²) < 4.78 is 2.00. The molecule has 0 spiro atoms. The van der Waals surface area contributed by atoms with Gasteiger partial charge in [0.05, 0.1) is 12.1 Å². The van der Waals surface area contributed by atoms with Crippen LogP contribution < -0.4 is 5.32 Å². The molecule has 0 saturated heterocycles. The summed E-state index contributed by atoms with van der Waals surface area (Å²) in [5.41, 5.74) is 0. The first kappa shape index (κ1) is 10.8. The van der Waals surface area contributed by atoms with Crippen LogP contribution >= 0.6 is 0 Å². The van der Waals surface area contributed by atoms with E-state index in [4.69, 9.17) is 0 Å². The lowest BCUT2D eigenvalue weighted by Gasteiger charge is -2.17. The minimum Gasteiger partial charge on any atom is -0.337 e. The second kappa shape index (κ2) is 4.44. The van der Waals surface area contributed by atoms with Crippen molar-refractivity contribution in [1.82, 2.24) is 30.0 Å². The lowest BCUT2D eigenvalue weighted by molar-refractivity contribution is 0.453. The molecule has 2 heterocycles. The summed E-state index contributed by atoms with van der Waals surface area (Å²) in [5.74, 6) is 1.84. The van der Waals surface area contributed by atoms with E-state index in [1.165, 1.54) is 6.33 Å². The highest BCUT2D eigenvalue weighted by atomic mass is 15.2. The van der Waals surface area contributed by atoms with Gasteiger partial charge in [0.25, 0.3) is 0 Å². The Kier molecular flexibility index (Phi) is 3.00. The summed E-state index contributed by atoms with van der Waals surface area (Å²) in [4.78, 5) is 8.42. The first-order valence-corrected chi connectivity index (χ1v) is 5.27. The lowest BCUT2D eigenvalue weighted by Crippen LogP contribution is -2.25. The van der Waals surface area contributed by atoms with Crippen molar-refractivity contribution in [3.8, 4) is 0 Å². The number of imidazole rings is 1. The summed E-state index contributed by atoms with van der Waals surface area (Å²) >= 11 is 0. The first-order valence-electron chi connectivity index (χ1n) is 5.27. The molecule has 0 radical (unpaired) electrons. The Labute approximate surface area is 94.1 Å². The number of nitrogens with zero attached hydrogens (tertiary/aromatic N) is 4. The van der Waals surface area contributed by atoms with Crippen molar-refractivity contribution in [2.75, 3.05) is 0 Å². The van der Waals surface area contributed by atoms with Gasteiger partial charge in [0.15, 0.2) is 0 Å². The Hall–Kier alpha value is -1.69. The standard InChI is InChI=1S/C10H16N6/c1-7(9-12-6-13-15-9)14-8(2)10-11-4-5-16(10)3/h4-8,14H,1-3H3,(H,12,13,15). The molecule has 86 valence electrons. The Morgan fingerprint density at radius 2 is 2.12 bits per heavy atom. The summed E-state index contributed by atoms with van der Waals surface area (Å²) in [7, 11) is 1.99. The molecular formula is C10H16N6. The Morgan fingerprint density at radius 3 is 2.69 bits per heavy atom. The van der Waals surface area contributed by atoms with Gasteiger partial charge in [-0.05, 0) is 13.8 Å². The van der Waals surface area contributed by atoms with Gasteiger partial charge in [0.2, 0.25) is 0 Å². The predicted molar refractivity (Wildman–Crippen MR) is 59.6 cm³/mol. The minimum absolute atomic E-state index is 0.120. The second-order valence-corrected chi connectivity index (χ2v) is 3.88. The molecule has 6 heteroatoms. The molecule has 0 fully saturated rings. The lowest BCUT2D eigenvalue weighted by atomic mass is 10.2. The molecule has 0 saturated carbocycles. The fraction of sp³-hybridized carbons (Fsp3) is 0.500. The molecule has 0 aliphatic carbocycles. The molecule has 0 aliphatic heterocycles. The van der Waals surface area contributed by atoms with Crippen LogP contribution in [0.2, 0.25) is 0 Å². The first-order chi connectivity index (χ1) is 7.68. The van der Waals surface area contributed by atoms with Crippen LogP contribution in [0, 0.1) is 0 Å². The third-order valence-electron chi connectivity index (χ3n) is 2.59. The van der Waals surface area contributed by atoms with E-state index in [1.807, 2.05) is 24.7 Å². The number of nitrogens with one attached hydrogen (secondary N) is 2. The van der Waals surface area contributed by atoms with Crippen molar-refractivity contribution in [2.24, 2.45) is 7.05 Å². The zero-order valence-electron chi connectivity index (χ0n) is 9.68. The monoisotopic (exact) mass is 220 g/mol. The summed E-state index contributed by atoms with van der Waals surface area (Å²) in [5, 5.41) is 10.1. The molecule has 0 aliphatic rings. The van der Waals surface area contributed by atoms with Gasteiger partial charge in [-0.1, -0.05) is 0 Å². The van der Waals surface area contributed by atoms with Crippen LogP contribution in [-0.2, 0) is 7.05 Å². The number of rotatable bonds is 4. The summed E-state index contributed by atoms with van der Waals surface area (Å²) in [6.45, 7) is 4.12. The molecule has 2 rings (SSSR count). The van der Waals surface area contributed by atoms with Crippen molar-refractivity contribution < 1.29 is 0 Å². The fourth-order valence-corrected chi connectivity index (χ4v) is 1.75. The van der Waals surface area contributed by atoms with Gasteiger partial charge in [-0.2, -0.15) is 5.10 Å². The van der Waals surface area contributed by atoms with E-state index in [9.17, 15) is 0 Å². The number of aryl methyl sites for hydroxylation is 1. The van der Waals surface area contributed by atoms with E-state index < -0.39 is 0 Å². The van der Waals surface area contributed by atoms with Crippen LogP contribution in [-0.4, -0.2) is 24.7 Å². The minimum atomic E-state index is 0.120. The maximum Gasteiger partial charge on any atom is 0.141 e. The van der Waals surface area contributed by atoms with Gasteiger partial charge < -0.3 is 4.57 Å². The molecule has 2 aromatic heterocycles. The average Bonchev–Trinajstić information content (AvgIpc) is 2.86. The van der Waals surface area contributed by atoms with E-state index >= 15 is 0 Å². The smallest absolute Gasteiger partial charge is 0.141 e. The molecule has 6 nitrogen and oxygen atoms in total. The predicted octanol–water partition coefficient (Wildman–Crippen LogP) is 0.950. The number of hydrogen-bond donors (Lipinski definition) is 2. The van der Waals surface area contributed by atoms with Crippen LogP contribution in [0.1, 0.15) is 37.6 Å². The largest absolute Gasteiger partial charge is 0.337 e. The quantitative estimate of drug-likeness (QED) is 0.804. The SMILES string of the molecule is CC(NC(C)c1nccn1C)c1ncn[nH]1. The van der Waals surface area contributed by atoms with Crippen LogP contribution in [0.4, 0.5) is 0 Å². The molecule has 16 heavy (non-hydrogen) atoms. The molecule has 0 aromatic carbocycles. The second-order valence-electron chi connectivity index (χ2n) is 3.88. The van der Waals surface area contributed by atoms with Gasteiger partial charge in [0.1, 0.15) is 18.0 Å². The van der Waals surface area contributed by atoms with E-state index in [0.29, 0.717) is 0 Å². The van der Waals surface area contributed by atoms with Crippen LogP contribution in [0.25, 0.3) is 0 Å². The number of hydrogen-bond acceptors (Lipinski definition) is 4. The summed E-state index contributed by atoms with van der Waals surface area (Å²) in [6, 6.07) is 0.286. The molecule has 2 atom stereocenters. The van der Waals surface area contributed by atoms with Crippen LogP contribution in [0.5, 0.6) is 0 Å². The Bertz CT molecular complexity index is 432. The number of H-pyrrole nitrogens is 1. The zero-order valence-corrected chi connectivity index (χ0v) is 9.68. The van der Waals surface area contributed by atoms with Crippen molar-refractivity contribution in [2.45, 2.75) is 25.9 Å². The van der Waals surface area contributed by atoms with E-state index in [2.05, 4.69) is 32.4 Å². The van der Waals surface area contributed by atoms with E-state index in [1.54, 1.807) is 6.20 Å². The topological polar surface area (TPSA) is 71.4 Å². The molecule has 2 N–H and O–H groups in total. The zero-order chi connectivity index (χ0) is 11.5. The normalized spacial score (nSPS) is 14.9. The molecule has 0 bridgehead atoms. The maximum absolute atomic E-state index is 4.30. The van der Waals surface area contributed by atoms with Crippen molar-refractivity contribution in [3.63, 3.8) is 0 Å². The molecule has 0 amide bonds. The molecule has 2 unspecified atom stereocenters. The number of aromatic amines is 1. The van der Waals surface area contributed by atoms with Crippen molar-refractivity contribution in [1.29, 1.82) is 0 Å².